The lowest BCUT2D eigenvalue weighted by atomic mass is 9.34. The van der Waals surface area contributed by atoms with Crippen LogP contribution in [-0.4, -0.2) is 28.8 Å². The molecule has 1 unspecified atom stereocenters. The SMILES string of the molecule is COC(C)c1noc([C@]23CC[C@@H](C)[C@H](C)[C@H]2[C@H]2C(=O)C=C4[C@@]5(C)C=C(C#N)C(=O)C(C)(C)[C@@H]5CC[C@@]4(C)[C@]2(C)CC3)n1. The third kappa shape index (κ3) is 3.48. The van der Waals surface area contributed by atoms with Crippen LogP contribution in [0.15, 0.2) is 27.8 Å². The zero-order valence-electron chi connectivity index (χ0n) is 26.8. The summed E-state index contributed by atoms with van der Waals surface area (Å²) < 4.78 is 11.6. The van der Waals surface area contributed by atoms with Crippen LogP contribution in [0.4, 0.5) is 0 Å². The maximum absolute atomic E-state index is 14.7. The number of allylic oxidation sites excluding steroid dienone is 4. The summed E-state index contributed by atoms with van der Waals surface area (Å²) in [7, 11) is 1.65. The first-order valence-corrected chi connectivity index (χ1v) is 15.9. The highest BCUT2D eigenvalue weighted by atomic mass is 16.5. The van der Waals surface area contributed by atoms with E-state index in [0.29, 0.717) is 23.6 Å². The zero-order chi connectivity index (χ0) is 30.6. The average molecular weight is 574 g/mol. The molecule has 3 saturated carbocycles. The molecule has 0 saturated heterocycles. The number of hydrogen-bond donors (Lipinski definition) is 0. The Morgan fingerprint density at radius 2 is 1.79 bits per heavy atom. The van der Waals surface area contributed by atoms with Gasteiger partial charge < -0.3 is 9.26 Å². The van der Waals surface area contributed by atoms with Gasteiger partial charge in [-0.2, -0.15) is 10.2 Å². The molecule has 0 bridgehead atoms. The molecule has 6 rings (SSSR count). The molecule has 0 amide bonds. The Morgan fingerprint density at radius 3 is 2.45 bits per heavy atom. The standard InChI is InChI=1S/C35H47N3O4/c1-19-10-13-35(30-37-29(38-42-30)21(3)41-9)15-14-34(8)27(26(35)20(19)2)23(39)16-25-32(6)17-22(18-36)28(40)31(4,5)24(32)11-12-33(25,34)7/h16-17,19-21,24,26-27H,10-15H2,1-9H3/t19-,20+,21?,24+,26+,27-,32+,33-,34-,35+/m1/s1. The summed E-state index contributed by atoms with van der Waals surface area (Å²) >= 11 is 0. The zero-order valence-corrected chi connectivity index (χ0v) is 26.8. The maximum atomic E-state index is 14.7. The van der Waals surface area contributed by atoms with Crippen molar-refractivity contribution in [1.82, 2.24) is 10.1 Å². The van der Waals surface area contributed by atoms with Crippen molar-refractivity contribution in [3.8, 4) is 6.07 Å². The van der Waals surface area contributed by atoms with Crippen molar-refractivity contribution in [3.63, 3.8) is 0 Å². The highest BCUT2D eigenvalue weighted by molar-refractivity contribution is 6.04. The van der Waals surface area contributed by atoms with E-state index in [1.165, 1.54) is 0 Å². The molecule has 0 spiro atoms. The van der Waals surface area contributed by atoms with Gasteiger partial charge in [0.2, 0.25) is 5.89 Å². The van der Waals surface area contributed by atoms with Gasteiger partial charge in [-0.05, 0) is 86.0 Å². The first-order valence-electron chi connectivity index (χ1n) is 15.9. The number of carbonyl (C=O) groups is 2. The molecule has 42 heavy (non-hydrogen) atoms. The quantitative estimate of drug-likeness (QED) is 0.379. The molecule has 0 aromatic carbocycles. The summed E-state index contributed by atoms with van der Waals surface area (Å²) in [5, 5.41) is 14.3. The fourth-order valence-electron chi connectivity index (χ4n) is 10.9. The molecule has 0 radical (unpaired) electrons. The molecule has 0 N–H and O–H groups in total. The van der Waals surface area contributed by atoms with E-state index in [1.807, 2.05) is 32.9 Å². The summed E-state index contributed by atoms with van der Waals surface area (Å²) in [6, 6.07) is 2.20. The Morgan fingerprint density at radius 1 is 1.07 bits per heavy atom. The molecule has 7 nitrogen and oxygen atoms in total. The Balaban J connectivity index is 1.52. The number of rotatable bonds is 3. The molecule has 5 aliphatic carbocycles. The van der Waals surface area contributed by atoms with Gasteiger partial charge in [0, 0.05) is 23.9 Å². The van der Waals surface area contributed by atoms with Crippen molar-refractivity contribution in [3.05, 3.63) is 35.0 Å². The van der Waals surface area contributed by atoms with Crippen LogP contribution in [0, 0.1) is 62.6 Å². The van der Waals surface area contributed by atoms with Gasteiger partial charge in [0.05, 0.1) is 11.0 Å². The molecule has 1 heterocycles. The van der Waals surface area contributed by atoms with E-state index in [2.05, 4.69) is 45.8 Å². The van der Waals surface area contributed by atoms with Gasteiger partial charge in [-0.25, -0.2) is 0 Å². The van der Waals surface area contributed by atoms with Gasteiger partial charge in [0.1, 0.15) is 12.2 Å². The van der Waals surface area contributed by atoms with E-state index in [-0.39, 0.29) is 57.2 Å². The van der Waals surface area contributed by atoms with Crippen molar-refractivity contribution in [1.29, 1.82) is 5.26 Å². The van der Waals surface area contributed by atoms with Crippen LogP contribution in [0.2, 0.25) is 0 Å². The Hall–Kier alpha value is -2.59. The summed E-state index contributed by atoms with van der Waals surface area (Å²) in [4.78, 5) is 33.0. The molecule has 226 valence electrons. The summed E-state index contributed by atoms with van der Waals surface area (Å²) in [6.45, 7) is 17.5. The van der Waals surface area contributed by atoms with Crippen LogP contribution in [0.25, 0.3) is 0 Å². The van der Waals surface area contributed by atoms with E-state index in [0.717, 1.165) is 44.1 Å². The number of aromatic nitrogens is 2. The predicted octanol–water partition coefficient (Wildman–Crippen LogP) is 7.10. The number of carbonyl (C=O) groups excluding carboxylic acids is 2. The van der Waals surface area contributed by atoms with Gasteiger partial charge >= 0.3 is 0 Å². The Labute approximate surface area is 250 Å². The highest BCUT2D eigenvalue weighted by Crippen LogP contribution is 2.74. The molecule has 0 aliphatic heterocycles. The van der Waals surface area contributed by atoms with E-state index >= 15 is 0 Å². The lowest BCUT2D eigenvalue weighted by molar-refractivity contribution is -0.166. The van der Waals surface area contributed by atoms with Gasteiger partial charge in [-0.15, -0.1) is 0 Å². The number of ketones is 2. The molecule has 10 atom stereocenters. The minimum absolute atomic E-state index is 0.0396. The van der Waals surface area contributed by atoms with E-state index in [1.54, 1.807) is 7.11 Å². The second kappa shape index (κ2) is 9.21. The van der Waals surface area contributed by atoms with Crippen LogP contribution in [0.3, 0.4) is 0 Å². The minimum Gasteiger partial charge on any atom is -0.374 e. The van der Waals surface area contributed by atoms with Gasteiger partial charge in [-0.1, -0.05) is 65.3 Å². The number of ether oxygens (including phenoxy) is 1. The first kappa shape index (κ1) is 29.5. The Kier molecular flexibility index (Phi) is 6.46. The molecule has 1 aromatic rings. The number of nitriles is 1. The van der Waals surface area contributed by atoms with E-state index in [4.69, 9.17) is 14.2 Å². The normalized spacial score (nSPS) is 44.9. The highest BCUT2D eigenvalue weighted by Gasteiger charge is 2.71. The predicted molar refractivity (Wildman–Crippen MR) is 158 cm³/mol. The molecular weight excluding hydrogens is 526 g/mol. The monoisotopic (exact) mass is 573 g/mol. The molecule has 3 fully saturated rings. The van der Waals surface area contributed by atoms with E-state index < -0.39 is 10.8 Å². The topological polar surface area (TPSA) is 106 Å². The second-order valence-electron chi connectivity index (χ2n) is 15.7. The van der Waals surface area contributed by atoms with Crippen molar-refractivity contribution in [2.75, 3.05) is 7.11 Å². The van der Waals surface area contributed by atoms with Crippen LogP contribution in [-0.2, 0) is 19.7 Å². The molecule has 7 heteroatoms. The van der Waals surface area contributed by atoms with Crippen molar-refractivity contribution in [2.24, 2.45) is 51.2 Å². The number of fused-ring (bicyclic) bond motifs is 7. The average Bonchev–Trinajstić information content (AvgIpc) is 3.45. The fraction of sp³-hybridized carbons (Fsp3) is 0.743. The molecule has 5 aliphatic rings. The van der Waals surface area contributed by atoms with Crippen LogP contribution in [0.1, 0.15) is 112 Å². The smallest absolute Gasteiger partial charge is 0.233 e. The maximum Gasteiger partial charge on any atom is 0.233 e. The van der Waals surface area contributed by atoms with Crippen LogP contribution >= 0.6 is 0 Å². The van der Waals surface area contributed by atoms with Crippen molar-refractivity contribution in [2.45, 2.75) is 105 Å². The second-order valence-corrected chi connectivity index (χ2v) is 15.7. The fourth-order valence-corrected chi connectivity index (χ4v) is 10.9. The third-order valence-corrected chi connectivity index (χ3v) is 13.8. The number of methoxy groups -OCH3 is 1. The van der Waals surface area contributed by atoms with Crippen molar-refractivity contribution < 1.29 is 18.8 Å². The van der Waals surface area contributed by atoms with E-state index in [9.17, 15) is 14.9 Å². The van der Waals surface area contributed by atoms with Gasteiger partial charge in [-0.3, -0.25) is 9.59 Å². The summed E-state index contributed by atoms with van der Waals surface area (Å²) in [5.41, 5.74) is -0.712. The lowest BCUT2D eigenvalue weighted by Crippen LogP contribution is -2.66. The van der Waals surface area contributed by atoms with Gasteiger partial charge in [0.25, 0.3) is 0 Å². The van der Waals surface area contributed by atoms with Gasteiger partial charge in [0.15, 0.2) is 17.4 Å². The number of nitrogens with zero attached hydrogens (tertiary/aromatic N) is 3. The molecular formula is C35H47N3O4. The van der Waals surface area contributed by atoms with Crippen LogP contribution < -0.4 is 0 Å². The Bertz CT molecular complexity index is 1450. The minimum atomic E-state index is -0.665. The molecule has 1 aromatic heterocycles. The third-order valence-electron chi connectivity index (χ3n) is 13.8. The largest absolute Gasteiger partial charge is 0.374 e. The summed E-state index contributed by atoms with van der Waals surface area (Å²) in [5.74, 6) is 2.08. The van der Waals surface area contributed by atoms with Crippen LogP contribution in [0.5, 0.6) is 0 Å². The number of Topliss-reactive ketones (excluding diaryl/α,β-unsaturated/α-hetero) is 1. The number of hydrogen-bond acceptors (Lipinski definition) is 7. The lowest BCUT2D eigenvalue weighted by Gasteiger charge is -2.69. The summed E-state index contributed by atoms with van der Waals surface area (Å²) in [6.07, 6.45) is 9.20. The first-order chi connectivity index (χ1) is 19.6. The van der Waals surface area contributed by atoms with Crippen molar-refractivity contribution >= 4 is 11.6 Å².